The number of benzene rings is 2. The van der Waals surface area contributed by atoms with E-state index in [0.29, 0.717) is 5.92 Å². The average molecular weight is 449 g/mol. The van der Waals surface area contributed by atoms with Gasteiger partial charge in [-0.25, -0.2) is 4.79 Å². The first-order valence-corrected chi connectivity index (χ1v) is 11.6. The fourth-order valence-corrected chi connectivity index (χ4v) is 5.60. The summed E-state index contributed by atoms with van der Waals surface area (Å²) in [5.41, 5.74) is 4.33. The molecule has 0 heterocycles. The highest BCUT2D eigenvalue weighted by Gasteiger charge is 2.58. The van der Waals surface area contributed by atoms with Gasteiger partial charge in [-0.15, -0.1) is 0 Å². The fraction of sp³-hybridized carbons (Fsp3) is 0.423. The Hall–Kier alpha value is -3.35. The molecule has 7 nitrogen and oxygen atoms in total. The van der Waals surface area contributed by atoms with Gasteiger partial charge in [0.2, 0.25) is 5.91 Å². The van der Waals surface area contributed by atoms with Gasteiger partial charge in [0.05, 0.1) is 0 Å². The van der Waals surface area contributed by atoms with Crippen molar-refractivity contribution in [1.82, 2.24) is 10.6 Å². The van der Waals surface area contributed by atoms with Crippen molar-refractivity contribution in [2.24, 2.45) is 5.92 Å². The number of carbonyl (C=O) groups is 3. The summed E-state index contributed by atoms with van der Waals surface area (Å²) < 4.78 is 5.56. The first-order valence-electron chi connectivity index (χ1n) is 11.6. The Morgan fingerprint density at radius 3 is 2.30 bits per heavy atom. The Labute approximate surface area is 192 Å². The van der Waals surface area contributed by atoms with Crippen molar-refractivity contribution in [3.63, 3.8) is 0 Å². The molecule has 0 bridgehead atoms. The molecule has 3 N–H and O–H groups in total. The van der Waals surface area contributed by atoms with Gasteiger partial charge in [-0.1, -0.05) is 55.0 Å². The van der Waals surface area contributed by atoms with Gasteiger partial charge < -0.3 is 20.5 Å². The van der Waals surface area contributed by atoms with Crippen LogP contribution in [0.25, 0.3) is 11.1 Å². The molecule has 0 saturated heterocycles. The van der Waals surface area contributed by atoms with Crippen molar-refractivity contribution >= 4 is 18.0 Å². The molecular formula is C26H28N2O5. The maximum absolute atomic E-state index is 12.9. The minimum Gasteiger partial charge on any atom is -0.481 e. The number of aliphatic carboxylic acids is 1. The van der Waals surface area contributed by atoms with Crippen molar-refractivity contribution in [1.29, 1.82) is 0 Å². The first-order chi connectivity index (χ1) is 16.0. The van der Waals surface area contributed by atoms with Gasteiger partial charge in [-0.2, -0.15) is 0 Å². The smallest absolute Gasteiger partial charge is 0.407 e. The van der Waals surface area contributed by atoms with E-state index in [9.17, 15) is 14.4 Å². The summed E-state index contributed by atoms with van der Waals surface area (Å²) >= 11 is 0. The highest BCUT2D eigenvalue weighted by molar-refractivity contribution is 5.87. The van der Waals surface area contributed by atoms with Gasteiger partial charge in [0.15, 0.2) is 0 Å². The van der Waals surface area contributed by atoms with E-state index in [1.165, 1.54) is 0 Å². The molecular weight excluding hydrogens is 420 g/mol. The Balaban J connectivity index is 1.23. The maximum atomic E-state index is 12.9. The van der Waals surface area contributed by atoms with Crippen molar-refractivity contribution in [3.8, 4) is 11.1 Å². The van der Waals surface area contributed by atoms with E-state index in [1.54, 1.807) is 0 Å². The number of fused-ring (bicyclic) bond motifs is 4. The summed E-state index contributed by atoms with van der Waals surface area (Å²) in [6.07, 6.45) is 3.21. The zero-order chi connectivity index (χ0) is 23.0. The van der Waals surface area contributed by atoms with Gasteiger partial charge in [0.1, 0.15) is 12.6 Å². The molecule has 3 aliphatic rings. The van der Waals surface area contributed by atoms with E-state index >= 15 is 0 Å². The first kappa shape index (κ1) is 21.5. The number of carboxylic acid groups (broad SMARTS) is 1. The Morgan fingerprint density at radius 2 is 1.73 bits per heavy atom. The second-order valence-electron chi connectivity index (χ2n) is 9.39. The third-order valence-electron chi connectivity index (χ3n) is 7.38. The summed E-state index contributed by atoms with van der Waals surface area (Å²) in [5, 5.41) is 14.8. The van der Waals surface area contributed by atoms with Crippen LogP contribution in [-0.4, -0.2) is 41.3 Å². The normalized spacial score (nSPS) is 23.1. The van der Waals surface area contributed by atoms with Crippen LogP contribution in [0.1, 0.15) is 55.6 Å². The zero-order valence-electron chi connectivity index (χ0n) is 18.4. The van der Waals surface area contributed by atoms with Gasteiger partial charge >= 0.3 is 12.1 Å². The van der Waals surface area contributed by atoms with E-state index in [-0.39, 0.29) is 36.8 Å². The molecule has 3 unspecified atom stereocenters. The van der Waals surface area contributed by atoms with Crippen LogP contribution < -0.4 is 10.6 Å². The number of rotatable bonds is 8. The molecule has 3 atom stereocenters. The van der Waals surface area contributed by atoms with Gasteiger partial charge in [0.25, 0.3) is 0 Å². The van der Waals surface area contributed by atoms with Crippen LogP contribution in [0.15, 0.2) is 48.5 Å². The van der Waals surface area contributed by atoms with Crippen LogP contribution in [0, 0.1) is 5.92 Å². The molecule has 2 saturated carbocycles. The predicted molar refractivity (Wildman–Crippen MR) is 122 cm³/mol. The molecule has 3 aliphatic carbocycles. The summed E-state index contributed by atoms with van der Waals surface area (Å²) in [7, 11) is 0. The molecule has 5 rings (SSSR count). The zero-order valence-corrected chi connectivity index (χ0v) is 18.4. The minimum absolute atomic E-state index is 0.0199. The number of hydrogen-bond acceptors (Lipinski definition) is 4. The molecule has 0 aromatic heterocycles. The molecule has 33 heavy (non-hydrogen) atoms. The molecule has 0 aliphatic heterocycles. The van der Waals surface area contributed by atoms with Crippen molar-refractivity contribution < 1.29 is 24.2 Å². The Morgan fingerprint density at radius 1 is 1.06 bits per heavy atom. The lowest BCUT2D eigenvalue weighted by molar-refractivity contribution is -0.137. The summed E-state index contributed by atoms with van der Waals surface area (Å²) in [5.74, 6) is -0.908. The van der Waals surface area contributed by atoms with E-state index < -0.39 is 18.1 Å². The number of amides is 2. The minimum atomic E-state index is -1.01. The van der Waals surface area contributed by atoms with Crippen molar-refractivity contribution in [2.45, 2.75) is 56.0 Å². The number of nitrogens with one attached hydrogen (secondary N) is 2. The molecule has 2 fully saturated rings. The predicted octanol–water partition coefficient (Wildman–Crippen LogP) is 3.82. The lowest BCUT2D eigenvalue weighted by Gasteiger charge is -2.22. The van der Waals surface area contributed by atoms with Crippen LogP contribution in [0.3, 0.4) is 0 Å². The Bertz CT molecular complexity index is 1050. The van der Waals surface area contributed by atoms with Crippen LogP contribution in [0.4, 0.5) is 4.79 Å². The van der Waals surface area contributed by atoms with Gasteiger partial charge in [-0.05, 0) is 53.9 Å². The van der Waals surface area contributed by atoms with E-state index in [4.69, 9.17) is 9.84 Å². The fourth-order valence-electron chi connectivity index (χ4n) is 5.60. The number of carboxylic acids is 1. The quantitative estimate of drug-likeness (QED) is 0.570. The van der Waals surface area contributed by atoms with Crippen LogP contribution in [0.5, 0.6) is 0 Å². The number of alkyl carbamates (subject to hydrolysis) is 1. The lowest BCUT2D eigenvalue weighted by Crippen LogP contribution is -2.51. The second-order valence-corrected chi connectivity index (χ2v) is 9.39. The topological polar surface area (TPSA) is 105 Å². The van der Waals surface area contributed by atoms with E-state index in [1.807, 2.05) is 36.4 Å². The van der Waals surface area contributed by atoms with Gasteiger partial charge in [0, 0.05) is 17.9 Å². The number of hydrogen-bond donors (Lipinski definition) is 3. The molecule has 0 spiro atoms. The molecule has 7 heteroatoms. The lowest BCUT2D eigenvalue weighted by atomic mass is 9.98. The summed E-state index contributed by atoms with van der Waals surface area (Å²) in [4.78, 5) is 36.6. The maximum Gasteiger partial charge on any atom is 0.407 e. The molecule has 2 aromatic rings. The third-order valence-corrected chi connectivity index (χ3v) is 7.38. The van der Waals surface area contributed by atoms with Crippen molar-refractivity contribution in [2.75, 3.05) is 6.61 Å². The van der Waals surface area contributed by atoms with E-state index in [0.717, 1.165) is 47.9 Å². The van der Waals surface area contributed by atoms with Crippen LogP contribution >= 0.6 is 0 Å². The highest BCUT2D eigenvalue weighted by Crippen LogP contribution is 2.55. The standard InChI is InChI=1S/C26H28N2O5/c29-23(30)12-11-22(24(31)28-26-13-5-6-16(26)14-26)27-25(32)33-15-21-19-9-3-1-7-17(19)18-8-2-4-10-20(18)21/h1-4,7-10,16,21-22H,5-6,11-15H2,(H,27,32)(H,28,31)(H,29,30). The van der Waals surface area contributed by atoms with Crippen LogP contribution in [0.2, 0.25) is 0 Å². The Kier molecular flexibility index (Phi) is 5.56. The molecule has 172 valence electrons. The number of carbonyl (C=O) groups excluding carboxylic acids is 2. The van der Waals surface area contributed by atoms with Gasteiger partial charge in [-0.3, -0.25) is 9.59 Å². The summed E-state index contributed by atoms with van der Waals surface area (Å²) in [6.45, 7) is 0.138. The molecule has 2 amide bonds. The molecule has 0 radical (unpaired) electrons. The SMILES string of the molecule is O=C(O)CCC(NC(=O)OCC1c2ccccc2-c2ccccc21)C(=O)NC12CCCC1C2. The van der Waals surface area contributed by atoms with E-state index in [2.05, 4.69) is 22.8 Å². The van der Waals surface area contributed by atoms with Crippen LogP contribution in [-0.2, 0) is 14.3 Å². The summed E-state index contributed by atoms with van der Waals surface area (Å²) in [6, 6.07) is 15.2. The number of ether oxygens (including phenoxy) is 1. The highest BCUT2D eigenvalue weighted by atomic mass is 16.5. The molecule has 2 aromatic carbocycles. The average Bonchev–Trinajstić information content (AvgIpc) is 3.18. The second kappa shape index (κ2) is 8.54. The van der Waals surface area contributed by atoms with Crippen molar-refractivity contribution in [3.05, 3.63) is 59.7 Å². The monoisotopic (exact) mass is 448 g/mol. The largest absolute Gasteiger partial charge is 0.481 e. The third kappa shape index (κ3) is 4.19.